The molecule has 3 nitrogen and oxygen atoms in total. The van der Waals surface area contributed by atoms with Crippen molar-refractivity contribution in [3.63, 3.8) is 0 Å². The Hall–Kier alpha value is -2.88. The van der Waals surface area contributed by atoms with E-state index in [0.717, 1.165) is 39.6 Å². The van der Waals surface area contributed by atoms with Crippen LogP contribution in [0.2, 0.25) is 0 Å². The molecular weight excluding hydrogens is 293 g/mol. The fourth-order valence-electron chi connectivity index (χ4n) is 3.52. The molecule has 0 saturated heterocycles. The Morgan fingerprint density at radius 3 is 2.83 bits per heavy atom. The van der Waals surface area contributed by atoms with Gasteiger partial charge in [-0.3, -0.25) is 0 Å². The van der Waals surface area contributed by atoms with Gasteiger partial charge in [0.15, 0.2) is 5.82 Å². The zero-order valence-electron chi connectivity index (χ0n) is 12.7. The van der Waals surface area contributed by atoms with Crippen LogP contribution in [-0.4, -0.2) is 0 Å². The lowest BCUT2D eigenvalue weighted by atomic mass is 9.93. The van der Waals surface area contributed by atoms with Crippen molar-refractivity contribution in [3.05, 3.63) is 54.2 Å². The molecule has 2 aromatic heterocycles. The molecule has 0 spiro atoms. The van der Waals surface area contributed by atoms with E-state index in [1.54, 1.807) is 6.20 Å². The fraction of sp³-hybridized carbons (Fsp3) is 0.105. The maximum atomic E-state index is 14.3. The highest BCUT2D eigenvalue weighted by Crippen LogP contribution is 2.49. The number of fused-ring (bicyclic) bond motifs is 4. The standard InChI is InChI=1S/C19H13FNO2/c1-10-6-7-11-4-3-5-13-16(11)15(10)18-19(23-13)17-12(20)9-22-14(17)8-21(18)2/h3-9H,1-2H3/q+1. The van der Waals surface area contributed by atoms with Gasteiger partial charge in [0.25, 0.3) is 5.69 Å². The Labute approximate surface area is 131 Å². The van der Waals surface area contributed by atoms with Gasteiger partial charge in [0.2, 0.25) is 17.5 Å². The first-order valence-electron chi connectivity index (χ1n) is 7.45. The van der Waals surface area contributed by atoms with Crippen LogP contribution < -0.4 is 9.30 Å². The summed E-state index contributed by atoms with van der Waals surface area (Å²) in [4.78, 5) is 0. The molecule has 0 aliphatic carbocycles. The Balaban J connectivity index is 2.06. The number of furan rings is 1. The van der Waals surface area contributed by atoms with Crippen molar-refractivity contribution in [1.29, 1.82) is 0 Å². The van der Waals surface area contributed by atoms with Crippen LogP contribution in [-0.2, 0) is 7.05 Å². The van der Waals surface area contributed by atoms with Crippen molar-refractivity contribution < 1.29 is 18.1 Å². The molecule has 0 saturated carbocycles. The maximum Gasteiger partial charge on any atom is 0.257 e. The van der Waals surface area contributed by atoms with Gasteiger partial charge >= 0.3 is 0 Å². The minimum absolute atomic E-state index is 0.393. The van der Waals surface area contributed by atoms with Crippen molar-refractivity contribution in [1.82, 2.24) is 0 Å². The van der Waals surface area contributed by atoms with Crippen molar-refractivity contribution in [2.24, 2.45) is 7.05 Å². The van der Waals surface area contributed by atoms with Gasteiger partial charge in [0, 0.05) is 5.39 Å². The molecular formula is C19H13FNO2+. The van der Waals surface area contributed by atoms with Crippen molar-refractivity contribution in [2.75, 3.05) is 0 Å². The lowest BCUT2D eigenvalue weighted by Crippen LogP contribution is -2.32. The molecule has 0 bridgehead atoms. The molecule has 4 aromatic rings. The number of hydrogen-bond donors (Lipinski definition) is 0. The zero-order valence-corrected chi connectivity index (χ0v) is 12.7. The largest absolute Gasteiger partial charge is 0.455 e. The quantitative estimate of drug-likeness (QED) is 0.390. The molecule has 1 aliphatic heterocycles. The zero-order chi connectivity index (χ0) is 15.7. The van der Waals surface area contributed by atoms with Gasteiger partial charge < -0.3 is 9.15 Å². The number of aromatic nitrogens is 1. The van der Waals surface area contributed by atoms with Crippen molar-refractivity contribution in [3.8, 4) is 22.8 Å². The minimum atomic E-state index is -0.402. The van der Waals surface area contributed by atoms with Crippen LogP contribution in [0.3, 0.4) is 0 Å². The smallest absolute Gasteiger partial charge is 0.257 e. The number of benzene rings is 2. The first-order valence-corrected chi connectivity index (χ1v) is 7.45. The maximum absolute atomic E-state index is 14.3. The first-order chi connectivity index (χ1) is 11.1. The summed E-state index contributed by atoms with van der Waals surface area (Å²) in [5, 5.41) is 2.57. The molecule has 0 unspecified atom stereocenters. The number of pyridine rings is 1. The SMILES string of the molecule is Cc1ccc2cccc3c2c1-c1c(c2c(F)coc2c[n+]1C)O3. The molecule has 5 rings (SSSR count). The molecule has 0 atom stereocenters. The second-order valence-corrected chi connectivity index (χ2v) is 5.95. The monoisotopic (exact) mass is 306 g/mol. The second-order valence-electron chi connectivity index (χ2n) is 5.95. The number of nitrogens with zero attached hydrogens (tertiary/aromatic N) is 1. The first kappa shape index (κ1) is 12.6. The molecule has 0 amide bonds. The van der Waals surface area contributed by atoms with E-state index in [1.807, 2.05) is 23.7 Å². The van der Waals surface area contributed by atoms with E-state index < -0.39 is 5.82 Å². The summed E-state index contributed by atoms with van der Waals surface area (Å²) in [5.41, 5.74) is 3.57. The molecule has 0 fully saturated rings. The van der Waals surface area contributed by atoms with E-state index in [-0.39, 0.29) is 0 Å². The molecule has 2 aromatic carbocycles. The Morgan fingerprint density at radius 2 is 1.96 bits per heavy atom. The molecule has 0 N–H and O–H groups in total. The predicted octanol–water partition coefficient (Wildman–Crippen LogP) is 4.63. The third-order valence-corrected chi connectivity index (χ3v) is 4.54. The van der Waals surface area contributed by atoms with Crippen LogP contribution in [0, 0.1) is 12.7 Å². The summed E-state index contributed by atoms with van der Waals surface area (Å²) in [6.45, 7) is 2.07. The van der Waals surface area contributed by atoms with Crippen molar-refractivity contribution >= 4 is 21.7 Å². The summed E-state index contributed by atoms with van der Waals surface area (Å²) in [5.74, 6) is 0.869. The van der Waals surface area contributed by atoms with Crippen molar-refractivity contribution in [2.45, 2.75) is 6.92 Å². The van der Waals surface area contributed by atoms with Gasteiger partial charge in [0.05, 0.1) is 5.56 Å². The third-order valence-electron chi connectivity index (χ3n) is 4.54. The van der Waals surface area contributed by atoms with Crippen LogP contribution in [0.1, 0.15) is 5.56 Å². The van der Waals surface area contributed by atoms with Gasteiger partial charge in [-0.2, -0.15) is 4.57 Å². The van der Waals surface area contributed by atoms with E-state index in [9.17, 15) is 4.39 Å². The highest BCUT2D eigenvalue weighted by molar-refractivity contribution is 6.06. The van der Waals surface area contributed by atoms with Gasteiger partial charge in [-0.05, 0) is 23.9 Å². The lowest BCUT2D eigenvalue weighted by molar-refractivity contribution is -0.659. The van der Waals surface area contributed by atoms with Crippen LogP contribution in [0.15, 0.2) is 47.2 Å². The summed E-state index contributed by atoms with van der Waals surface area (Å²) < 4.78 is 27.6. The molecule has 1 aliphatic rings. The molecule has 3 heterocycles. The highest BCUT2D eigenvalue weighted by atomic mass is 19.1. The fourth-order valence-corrected chi connectivity index (χ4v) is 3.52. The molecule has 4 heteroatoms. The molecule has 23 heavy (non-hydrogen) atoms. The third kappa shape index (κ3) is 1.50. The Bertz CT molecular complexity index is 1130. The minimum Gasteiger partial charge on any atom is -0.455 e. The number of hydrogen-bond acceptors (Lipinski definition) is 2. The second kappa shape index (κ2) is 4.10. The number of aryl methyl sites for hydroxylation is 2. The lowest BCUT2D eigenvalue weighted by Gasteiger charge is -2.20. The summed E-state index contributed by atoms with van der Waals surface area (Å²) >= 11 is 0. The van der Waals surface area contributed by atoms with E-state index in [2.05, 4.69) is 25.1 Å². The molecule has 0 radical (unpaired) electrons. The number of rotatable bonds is 0. The van der Waals surface area contributed by atoms with E-state index >= 15 is 0 Å². The van der Waals surface area contributed by atoms with Crippen LogP contribution in [0.25, 0.3) is 33.0 Å². The Kier molecular flexibility index (Phi) is 2.25. The van der Waals surface area contributed by atoms with E-state index in [4.69, 9.17) is 9.15 Å². The summed E-state index contributed by atoms with van der Waals surface area (Å²) in [6, 6.07) is 10.1. The van der Waals surface area contributed by atoms with E-state index in [0.29, 0.717) is 16.7 Å². The summed E-state index contributed by atoms with van der Waals surface area (Å²) in [7, 11) is 1.92. The van der Waals surface area contributed by atoms with Gasteiger partial charge in [-0.25, -0.2) is 4.39 Å². The molecule has 112 valence electrons. The predicted molar refractivity (Wildman–Crippen MR) is 85.1 cm³/mol. The highest BCUT2D eigenvalue weighted by Gasteiger charge is 2.33. The van der Waals surface area contributed by atoms with Gasteiger partial charge in [-0.15, -0.1) is 0 Å². The Morgan fingerprint density at radius 1 is 1.09 bits per heavy atom. The average molecular weight is 306 g/mol. The number of halogens is 1. The summed E-state index contributed by atoms with van der Waals surface area (Å²) in [6.07, 6.45) is 2.93. The topological polar surface area (TPSA) is 26.2 Å². The van der Waals surface area contributed by atoms with Gasteiger partial charge in [-0.1, -0.05) is 24.3 Å². The average Bonchev–Trinajstić information content (AvgIpc) is 2.91. The van der Waals surface area contributed by atoms with Crippen LogP contribution >= 0.6 is 0 Å². The number of ether oxygens (including phenoxy) is 1. The van der Waals surface area contributed by atoms with Gasteiger partial charge in [0.1, 0.15) is 24.4 Å². The van der Waals surface area contributed by atoms with Crippen LogP contribution in [0.5, 0.6) is 11.5 Å². The van der Waals surface area contributed by atoms with E-state index in [1.165, 1.54) is 0 Å². The van der Waals surface area contributed by atoms with Crippen LogP contribution in [0.4, 0.5) is 4.39 Å². The normalized spacial score (nSPS) is 12.5.